The van der Waals surface area contributed by atoms with Gasteiger partial charge in [-0.1, -0.05) is 30.3 Å². The van der Waals surface area contributed by atoms with Gasteiger partial charge in [-0.05, 0) is 66.8 Å². The molecule has 1 amide bonds. The number of phenolic OH excluding ortho intramolecular Hbond substituents is 1. The predicted octanol–water partition coefficient (Wildman–Crippen LogP) is 3.77. The number of para-hydroxylation sites is 2. The lowest BCUT2D eigenvalue weighted by Crippen LogP contribution is -2.24. The Hall–Kier alpha value is -4.79. The van der Waals surface area contributed by atoms with Gasteiger partial charge in [-0.25, -0.2) is 4.98 Å². The van der Waals surface area contributed by atoms with Crippen LogP contribution in [-0.4, -0.2) is 46.5 Å². The fourth-order valence-corrected chi connectivity index (χ4v) is 4.10. The lowest BCUT2D eigenvalue weighted by molar-refractivity contribution is 0.0953. The Balaban J connectivity index is 1.12. The third kappa shape index (κ3) is 5.78. The molecule has 0 aliphatic heterocycles. The zero-order valence-electron chi connectivity index (χ0n) is 21.1. The van der Waals surface area contributed by atoms with Crippen LogP contribution in [0.1, 0.15) is 23.2 Å². The summed E-state index contributed by atoms with van der Waals surface area (Å²) in [5.41, 5.74) is 3.62. The first kappa shape index (κ1) is 24.9. The fourth-order valence-electron chi connectivity index (χ4n) is 4.10. The van der Waals surface area contributed by atoms with E-state index in [0.29, 0.717) is 35.7 Å². The van der Waals surface area contributed by atoms with Gasteiger partial charge >= 0.3 is 0 Å². The largest absolute Gasteiger partial charge is 0.507 e. The maximum absolute atomic E-state index is 12.5. The van der Waals surface area contributed by atoms with Crippen LogP contribution in [0.5, 0.6) is 17.2 Å². The molecular weight excluding hydrogens is 477 g/mol. The van der Waals surface area contributed by atoms with E-state index in [9.17, 15) is 9.90 Å². The molecule has 9 heteroatoms. The average Bonchev–Trinajstić information content (AvgIpc) is 3.32. The Morgan fingerprint density at radius 2 is 1.63 bits per heavy atom. The zero-order valence-corrected chi connectivity index (χ0v) is 21.1. The molecule has 2 aromatic heterocycles. The third-order valence-electron chi connectivity index (χ3n) is 6.12. The van der Waals surface area contributed by atoms with E-state index in [1.807, 2.05) is 56.4 Å². The molecule has 3 N–H and O–H groups in total. The third-order valence-corrected chi connectivity index (χ3v) is 6.12. The Bertz CT molecular complexity index is 1540. The number of benzene rings is 3. The summed E-state index contributed by atoms with van der Waals surface area (Å²) in [5, 5.41) is 21.1. The second kappa shape index (κ2) is 11.5. The molecule has 0 bridgehead atoms. The van der Waals surface area contributed by atoms with E-state index in [1.165, 1.54) is 0 Å². The summed E-state index contributed by atoms with van der Waals surface area (Å²) in [5.74, 6) is 2.30. The molecule has 0 unspecified atom stereocenters. The van der Waals surface area contributed by atoms with Crippen molar-refractivity contribution in [2.75, 3.05) is 18.4 Å². The van der Waals surface area contributed by atoms with E-state index in [1.54, 1.807) is 47.1 Å². The molecule has 0 aliphatic rings. The van der Waals surface area contributed by atoms with E-state index < -0.39 is 0 Å². The molecule has 0 radical (unpaired) electrons. The van der Waals surface area contributed by atoms with E-state index in [0.717, 1.165) is 35.5 Å². The summed E-state index contributed by atoms with van der Waals surface area (Å²) in [6, 6.07) is 25.7. The molecule has 38 heavy (non-hydrogen) atoms. The molecule has 0 fully saturated rings. The minimum Gasteiger partial charge on any atom is -0.507 e. The number of anilines is 1. The first-order valence-electron chi connectivity index (χ1n) is 12.6. The van der Waals surface area contributed by atoms with Gasteiger partial charge < -0.3 is 20.5 Å². The van der Waals surface area contributed by atoms with Gasteiger partial charge in [0.2, 0.25) is 0 Å². The fraction of sp³-hybridized carbons (Fsp3) is 0.138. The predicted molar refractivity (Wildman–Crippen MR) is 151 cm³/mol. The molecule has 0 saturated heterocycles. The summed E-state index contributed by atoms with van der Waals surface area (Å²) in [6.07, 6.45) is 3.44. The van der Waals surface area contributed by atoms with Crippen LogP contribution in [0.3, 0.4) is 0 Å². The number of phenols is 1. The van der Waals surface area contributed by atoms with Crippen LogP contribution in [0.25, 0.3) is 16.9 Å². The van der Waals surface area contributed by atoms with Crippen LogP contribution >= 0.6 is 0 Å². The van der Waals surface area contributed by atoms with Crippen molar-refractivity contribution in [3.63, 3.8) is 0 Å². The second-order valence-corrected chi connectivity index (χ2v) is 8.94. The lowest BCUT2D eigenvalue weighted by atomic mass is 10.0. The highest BCUT2D eigenvalue weighted by Gasteiger charge is 2.13. The number of carbonyl (C=O) groups is 1. The highest BCUT2D eigenvalue weighted by molar-refractivity contribution is 6.36. The van der Waals surface area contributed by atoms with Crippen molar-refractivity contribution in [3.05, 3.63) is 96.7 Å². The number of hydrogen-bond donors (Lipinski definition) is 3. The summed E-state index contributed by atoms with van der Waals surface area (Å²) in [6.45, 7) is 1.26. The van der Waals surface area contributed by atoms with Crippen molar-refractivity contribution < 1.29 is 14.6 Å². The number of ether oxygens (including phenoxy) is 1. The van der Waals surface area contributed by atoms with E-state index >= 15 is 0 Å². The number of unbranched alkanes of at least 4 members (excludes halogenated alkanes) is 1. The molecule has 5 rings (SSSR count). The SMILES string of the molecule is Bc1cnn2c(NCCCCNC(=O)c3ccc(Oc4ccccc4)cc3)cc(-c3ccccc3O)nc12. The molecule has 2 heterocycles. The lowest BCUT2D eigenvalue weighted by Gasteiger charge is -2.12. The van der Waals surface area contributed by atoms with Crippen LogP contribution in [0.2, 0.25) is 0 Å². The number of aromatic nitrogens is 3. The summed E-state index contributed by atoms with van der Waals surface area (Å²) >= 11 is 0. The molecule has 0 saturated carbocycles. The number of rotatable bonds is 10. The first-order chi connectivity index (χ1) is 18.6. The number of aromatic hydroxyl groups is 1. The van der Waals surface area contributed by atoms with E-state index in [-0.39, 0.29) is 11.7 Å². The standard InChI is InChI=1S/C29H28BN5O3/c30-24-19-33-35-27(18-25(34-28(24)35)23-10-4-5-11-26(23)36)31-16-6-7-17-32-29(37)20-12-14-22(15-13-20)38-21-8-2-1-3-9-21/h1-5,8-15,18-19,31,36H,6-7,16-17,30H2,(H,32,37). The van der Waals surface area contributed by atoms with Crippen LogP contribution in [0.4, 0.5) is 5.82 Å². The number of fused-ring (bicyclic) bond motifs is 1. The van der Waals surface area contributed by atoms with Crippen molar-refractivity contribution in [2.24, 2.45) is 0 Å². The van der Waals surface area contributed by atoms with Gasteiger partial charge in [0.1, 0.15) is 30.9 Å². The minimum atomic E-state index is -0.112. The quantitative estimate of drug-likeness (QED) is 0.197. The van der Waals surface area contributed by atoms with Crippen molar-refractivity contribution in [1.82, 2.24) is 19.9 Å². The molecule has 3 aromatic carbocycles. The Kier molecular flexibility index (Phi) is 7.54. The Morgan fingerprint density at radius 3 is 2.42 bits per heavy atom. The minimum absolute atomic E-state index is 0.112. The zero-order chi connectivity index (χ0) is 26.3. The van der Waals surface area contributed by atoms with Gasteiger partial charge in [0.15, 0.2) is 5.65 Å². The van der Waals surface area contributed by atoms with Crippen molar-refractivity contribution in [2.45, 2.75) is 12.8 Å². The van der Waals surface area contributed by atoms with Crippen LogP contribution < -0.4 is 20.8 Å². The molecule has 0 spiro atoms. The number of amides is 1. The average molecular weight is 505 g/mol. The monoisotopic (exact) mass is 505 g/mol. The molecule has 5 aromatic rings. The van der Waals surface area contributed by atoms with Gasteiger partial charge in [0, 0.05) is 36.5 Å². The van der Waals surface area contributed by atoms with Crippen molar-refractivity contribution in [1.29, 1.82) is 0 Å². The molecule has 190 valence electrons. The summed E-state index contributed by atoms with van der Waals surface area (Å²) in [4.78, 5) is 17.2. The van der Waals surface area contributed by atoms with Crippen molar-refractivity contribution >= 4 is 30.7 Å². The Labute approximate surface area is 221 Å². The normalized spacial score (nSPS) is 10.8. The maximum Gasteiger partial charge on any atom is 0.251 e. The number of carbonyl (C=O) groups excluding carboxylic acids is 1. The van der Waals surface area contributed by atoms with E-state index in [2.05, 4.69) is 15.7 Å². The number of nitrogens with zero attached hydrogens (tertiary/aromatic N) is 3. The highest BCUT2D eigenvalue weighted by atomic mass is 16.5. The molecular formula is C29H28BN5O3. The molecule has 8 nitrogen and oxygen atoms in total. The van der Waals surface area contributed by atoms with Gasteiger partial charge in [0.05, 0.1) is 5.69 Å². The van der Waals surface area contributed by atoms with E-state index in [4.69, 9.17) is 9.72 Å². The van der Waals surface area contributed by atoms with Crippen LogP contribution in [-0.2, 0) is 0 Å². The first-order valence-corrected chi connectivity index (χ1v) is 12.6. The second-order valence-electron chi connectivity index (χ2n) is 8.94. The van der Waals surface area contributed by atoms with Crippen LogP contribution in [0.15, 0.2) is 91.1 Å². The van der Waals surface area contributed by atoms with Gasteiger partial charge in [0.25, 0.3) is 5.91 Å². The molecule has 0 atom stereocenters. The number of hydrogen-bond acceptors (Lipinski definition) is 6. The van der Waals surface area contributed by atoms with Crippen LogP contribution in [0, 0.1) is 0 Å². The topological polar surface area (TPSA) is 101 Å². The molecule has 0 aliphatic carbocycles. The van der Waals surface area contributed by atoms with Gasteiger partial charge in [-0.3, -0.25) is 4.79 Å². The maximum atomic E-state index is 12.5. The van der Waals surface area contributed by atoms with Gasteiger partial charge in [-0.2, -0.15) is 9.61 Å². The highest BCUT2D eigenvalue weighted by Crippen LogP contribution is 2.29. The van der Waals surface area contributed by atoms with Gasteiger partial charge in [-0.15, -0.1) is 0 Å². The smallest absolute Gasteiger partial charge is 0.251 e. The summed E-state index contributed by atoms with van der Waals surface area (Å²) < 4.78 is 7.55. The number of nitrogens with one attached hydrogen (secondary N) is 2. The Morgan fingerprint density at radius 1 is 0.921 bits per heavy atom. The summed E-state index contributed by atoms with van der Waals surface area (Å²) in [7, 11) is 1.96. The van der Waals surface area contributed by atoms with Crippen molar-refractivity contribution in [3.8, 4) is 28.5 Å².